The summed E-state index contributed by atoms with van der Waals surface area (Å²) in [5, 5.41) is 2.66. The maximum absolute atomic E-state index is 12.2. The molecule has 2 aliphatic heterocycles. The number of carbonyl (C=O) groups excluding carboxylic acids is 2. The Morgan fingerprint density at radius 1 is 1.12 bits per heavy atom. The van der Waals surface area contributed by atoms with Crippen molar-refractivity contribution in [3.63, 3.8) is 0 Å². The van der Waals surface area contributed by atoms with Gasteiger partial charge in [-0.15, -0.1) is 24.8 Å². The molecular weight excluding hydrogens is 379 g/mol. The normalized spacial score (nSPS) is 20.1. The average Bonchev–Trinajstić information content (AvgIpc) is 2.60. The molecule has 0 aromatic rings. The third-order valence-electron chi connectivity index (χ3n) is 5.02. The number of nitrogens with one attached hydrogen (secondary N) is 1. The molecule has 0 aromatic heterocycles. The molecule has 2 heterocycles. The number of nitrogens with two attached hydrogens (primary N) is 1. The lowest BCUT2D eigenvalue weighted by atomic mass is 9.99. The van der Waals surface area contributed by atoms with Gasteiger partial charge < -0.3 is 20.7 Å². The molecule has 7 nitrogen and oxygen atoms in total. The summed E-state index contributed by atoms with van der Waals surface area (Å²) < 4.78 is 5.40. The lowest BCUT2D eigenvalue weighted by molar-refractivity contribution is -0.134. The maximum Gasteiger partial charge on any atom is 0.242 e. The van der Waals surface area contributed by atoms with E-state index in [0.717, 1.165) is 64.7 Å². The molecule has 1 atom stereocenters. The van der Waals surface area contributed by atoms with Gasteiger partial charge in [0, 0.05) is 45.9 Å². The van der Waals surface area contributed by atoms with Gasteiger partial charge in [-0.05, 0) is 24.7 Å². The predicted octanol–water partition coefficient (Wildman–Crippen LogP) is 0.500. The van der Waals surface area contributed by atoms with Crippen LogP contribution in [0.3, 0.4) is 0 Å². The first kappa shape index (κ1) is 25.4. The first-order valence-electron chi connectivity index (χ1n) is 9.08. The number of hydrogen-bond acceptors (Lipinski definition) is 5. The molecule has 26 heavy (non-hydrogen) atoms. The van der Waals surface area contributed by atoms with Crippen LogP contribution >= 0.6 is 24.8 Å². The van der Waals surface area contributed by atoms with E-state index in [1.807, 2.05) is 18.7 Å². The molecule has 0 saturated carbocycles. The summed E-state index contributed by atoms with van der Waals surface area (Å²) in [6, 6.07) is -0.561. The fourth-order valence-corrected chi connectivity index (χ4v) is 3.17. The van der Waals surface area contributed by atoms with Crippen LogP contribution in [0.5, 0.6) is 0 Å². The second kappa shape index (κ2) is 12.7. The predicted molar refractivity (Wildman–Crippen MR) is 107 cm³/mol. The minimum absolute atomic E-state index is 0. The van der Waals surface area contributed by atoms with Crippen LogP contribution in [-0.4, -0.2) is 80.1 Å². The lowest BCUT2D eigenvalue weighted by Crippen LogP contribution is -2.53. The summed E-state index contributed by atoms with van der Waals surface area (Å²) in [6.07, 6.45) is 2.28. The van der Waals surface area contributed by atoms with E-state index in [0.29, 0.717) is 0 Å². The molecule has 0 bridgehead atoms. The molecule has 2 saturated heterocycles. The minimum Gasteiger partial charge on any atom is -0.381 e. The van der Waals surface area contributed by atoms with Crippen LogP contribution in [-0.2, 0) is 14.3 Å². The summed E-state index contributed by atoms with van der Waals surface area (Å²) in [5.41, 5.74) is 5.78. The zero-order valence-corrected chi connectivity index (χ0v) is 17.4. The van der Waals surface area contributed by atoms with E-state index in [4.69, 9.17) is 10.5 Å². The molecule has 3 N–H and O–H groups in total. The fourth-order valence-electron chi connectivity index (χ4n) is 3.17. The van der Waals surface area contributed by atoms with Crippen molar-refractivity contribution in [1.82, 2.24) is 15.1 Å². The highest BCUT2D eigenvalue weighted by molar-refractivity contribution is 5.87. The van der Waals surface area contributed by atoms with E-state index in [9.17, 15) is 9.59 Å². The third kappa shape index (κ3) is 7.96. The van der Waals surface area contributed by atoms with Gasteiger partial charge in [-0.25, -0.2) is 0 Å². The molecule has 0 aromatic carbocycles. The van der Waals surface area contributed by atoms with Crippen molar-refractivity contribution in [3.05, 3.63) is 0 Å². The fraction of sp³-hybridized carbons (Fsp3) is 0.882. The van der Waals surface area contributed by atoms with Crippen molar-refractivity contribution >= 4 is 36.6 Å². The van der Waals surface area contributed by atoms with Crippen molar-refractivity contribution in [1.29, 1.82) is 0 Å². The quantitative estimate of drug-likeness (QED) is 0.662. The highest BCUT2D eigenvalue weighted by atomic mass is 35.5. The molecule has 9 heteroatoms. The molecule has 0 spiro atoms. The van der Waals surface area contributed by atoms with E-state index in [-0.39, 0.29) is 49.1 Å². The second-order valence-corrected chi connectivity index (χ2v) is 7.22. The largest absolute Gasteiger partial charge is 0.381 e. The Morgan fingerprint density at radius 3 is 2.23 bits per heavy atom. The summed E-state index contributed by atoms with van der Waals surface area (Å²) in [5.74, 6) is 0.508. The molecule has 0 radical (unpaired) electrons. The van der Waals surface area contributed by atoms with Crippen molar-refractivity contribution in [2.24, 2.45) is 17.6 Å². The van der Waals surface area contributed by atoms with E-state index >= 15 is 0 Å². The molecule has 2 amide bonds. The number of halogens is 2. The summed E-state index contributed by atoms with van der Waals surface area (Å²) >= 11 is 0. The van der Waals surface area contributed by atoms with Crippen molar-refractivity contribution in [2.75, 3.05) is 52.5 Å². The zero-order chi connectivity index (χ0) is 17.5. The average molecular weight is 413 g/mol. The standard InChI is InChI=1S/C17H32N4O3.2ClH/c1-13(2)16(18)17(23)19-11-15(22)21-7-5-20(6-8-21)12-14-3-9-24-10-4-14;;/h13-14,16H,3-12,18H2,1-2H3,(H,19,23);2*1H/t16-;;/m0../s1. The first-order chi connectivity index (χ1) is 11.5. The van der Waals surface area contributed by atoms with Crippen LogP contribution in [0.15, 0.2) is 0 Å². The summed E-state index contributed by atoms with van der Waals surface area (Å²) in [7, 11) is 0. The SMILES string of the molecule is CC(C)[C@H](N)C(=O)NCC(=O)N1CCN(CC2CCOCC2)CC1.Cl.Cl. The Labute approximate surface area is 169 Å². The second-order valence-electron chi connectivity index (χ2n) is 7.22. The van der Waals surface area contributed by atoms with Crippen LogP contribution in [0.25, 0.3) is 0 Å². The van der Waals surface area contributed by atoms with Gasteiger partial charge >= 0.3 is 0 Å². The first-order valence-corrected chi connectivity index (χ1v) is 9.08. The maximum atomic E-state index is 12.2. The van der Waals surface area contributed by atoms with Crippen LogP contribution in [0.4, 0.5) is 0 Å². The molecule has 154 valence electrons. The number of hydrogen-bond donors (Lipinski definition) is 2. The van der Waals surface area contributed by atoms with Crippen molar-refractivity contribution in [3.8, 4) is 0 Å². The molecular formula is C17H34Cl2N4O3. The Hall–Kier alpha value is -0.600. The van der Waals surface area contributed by atoms with Gasteiger partial charge in [-0.1, -0.05) is 13.8 Å². The molecule has 0 aliphatic carbocycles. The topological polar surface area (TPSA) is 87.9 Å². The van der Waals surface area contributed by atoms with Gasteiger partial charge in [0.15, 0.2) is 0 Å². The van der Waals surface area contributed by atoms with Crippen LogP contribution < -0.4 is 11.1 Å². The van der Waals surface area contributed by atoms with Crippen molar-refractivity contribution in [2.45, 2.75) is 32.7 Å². The van der Waals surface area contributed by atoms with Crippen LogP contribution in [0.2, 0.25) is 0 Å². The minimum atomic E-state index is -0.561. The summed E-state index contributed by atoms with van der Waals surface area (Å²) in [4.78, 5) is 28.3. The zero-order valence-electron chi connectivity index (χ0n) is 15.8. The number of carbonyl (C=O) groups is 2. The van der Waals surface area contributed by atoms with E-state index < -0.39 is 6.04 Å². The molecule has 2 rings (SSSR count). The monoisotopic (exact) mass is 412 g/mol. The van der Waals surface area contributed by atoms with Gasteiger partial charge in [0.2, 0.25) is 11.8 Å². The van der Waals surface area contributed by atoms with Gasteiger partial charge in [0.1, 0.15) is 0 Å². The van der Waals surface area contributed by atoms with E-state index in [1.54, 1.807) is 0 Å². The smallest absolute Gasteiger partial charge is 0.242 e. The summed E-state index contributed by atoms with van der Waals surface area (Å²) in [6.45, 7) is 9.95. The Bertz CT molecular complexity index is 426. The number of amides is 2. The molecule has 0 unspecified atom stereocenters. The third-order valence-corrected chi connectivity index (χ3v) is 5.02. The van der Waals surface area contributed by atoms with Gasteiger partial charge in [-0.3, -0.25) is 14.5 Å². The highest BCUT2D eigenvalue weighted by Crippen LogP contribution is 2.17. The van der Waals surface area contributed by atoms with Gasteiger partial charge in [0.05, 0.1) is 12.6 Å². The van der Waals surface area contributed by atoms with Crippen molar-refractivity contribution < 1.29 is 14.3 Å². The van der Waals surface area contributed by atoms with Crippen LogP contribution in [0, 0.1) is 11.8 Å². The Balaban J connectivity index is 0.00000312. The Kier molecular flexibility index (Phi) is 12.4. The number of ether oxygens (including phenoxy) is 1. The highest BCUT2D eigenvalue weighted by Gasteiger charge is 2.25. The van der Waals surface area contributed by atoms with Gasteiger partial charge in [-0.2, -0.15) is 0 Å². The molecule has 2 fully saturated rings. The number of piperazine rings is 1. The van der Waals surface area contributed by atoms with Gasteiger partial charge in [0.25, 0.3) is 0 Å². The van der Waals surface area contributed by atoms with E-state index in [2.05, 4.69) is 10.2 Å². The van der Waals surface area contributed by atoms with Crippen LogP contribution in [0.1, 0.15) is 26.7 Å². The lowest BCUT2D eigenvalue weighted by Gasteiger charge is -2.37. The number of rotatable bonds is 6. The van der Waals surface area contributed by atoms with E-state index in [1.165, 1.54) is 0 Å². The molecule has 2 aliphatic rings. The Morgan fingerprint density at radius 2 is 1.69 bits per heavy atom. The number of nitrogens with zero attached hydrogens (tertiary/aromatic N) is 2.